The number of benzene rings is 3. The highest BCUT2D eigenvalue weighted by Gasteiger charge is 2.17. The number of methoxy groups -OCH3 is 1. The van der Waals surface area contributed by atoms with Crippen molar-refractivity contribution in [2.45, 2.75) is 13.2 Å². The number of carbonyl (C=O) groups is 1. The monoisotopic (exact) mass is 441 g/mol. The van der Waals surface area contributed by atoms with Gasteiger partial charge >= 0.3 is 0 Å². The third-order valence-electron chi connectivity index (χ3n) is 5.32. The van der Waals surface area contributed by atoms with Gasteiger partial charge in [-0.3, -0.25) is 4.79 Å². The van der Waals surface area contributed by atoms with Crippen LogP contribution < -0.4 is 4.74 Å². The number of hydrogen-bond acceptors (Lipinski definition) is 4. The van der Waals surface area contributed by atoms with E-state index in [2.05, 4.69) is 0 Å². The number of amides is 1. The predicted molar refractivity (Wildman–Crippen MR) is 128 cm³/mol. The molecule has 0 N–H and O–H groups in total. The molecule has 0 saturated heterocycles. The molecular formula is C27H27N3O3. The molecule has 4 aromatic rings. The van der Waals surface area contributed by atoms with Crippen molar-refractivity contribution in [1.29, 1.82) is 0 Å². The van der Waals surface area contributed by atoms with Crippen LogP contribution in [0.15, 0.2) is 91.1 Å². The maximum Gasteiger partial charge on any atom is 0.248 e. The van der Waals surface area contributed by atoms with Gasteiger partial charge in [-0.1, -0.05) is 60.7 Å². The summed E-state index contributed by atoms with van der Waals surface area (Å²) >= 11 is 0. The average molecular weight is 442 g/mol. The molecule has 0 fully saturated rings. The summed E-state index contributed by atoms with van der Waals surface area (Å²) in [6.45, 7) is 0.775. The van der Waals surface area contributed by atoms with E-state index in [0.717, 1.165) is 33.8 Å². The van der Waals surface area contributed by atoms with Crippen molar-refractivity contribution in [3.8, 4) is 22.7 Å². The van der Waals surface area contributed by atoms with Crippen LogP contribution in [-0.2, 0) is 22.7 Å². The maximum absolute atomic E-state index is 12.7. The normalized spacial score (nSPS) is 10.7. The summed E-state index contributed by atoms with van der Waals surface area (Å²) in [4.78, 5) is 14.4. The van der Waals surface area contributed by atoms with Gasteiger partial charge in [-0.2, -0.15) is 5.10 Å². The van der Waals surface area contributed by atoms with E-state index in [4.69, 9.17) is 14.6 Å². The molecule has 0 atom stereocenters. The first-order chi connectivity index (χ1) is 16.1. The zero-order chi connectivity index (χ0) is 23.0. The largest absolute Gasteiger partial charge is 0.497 e. The molecule has 168 valence electrons. The predicted octanol–water partition coefficient (Wildman–Crippen LogP) is 4.72. The highest BCUT2D eigenvalue weighted by atomic mass is 16.5. The van der Waals surface area contributed by atoms with Gasteiger partial charge in [-0.05, 0) is 29.8 Å². The molecule has 1 aromatic heterocycles. The SMILES string of the molecule is COc1cccc(COCC(=O)N(C)Cc2cn(-c3ccccc3)nc2-c2ccccc2)c1. The molecule has 6 heteroatoms. The topological polar surface area (TPSA) is 56.6 Å². The van der Waals surface area contributed by atoms with Crippen molar-refractivity contribution >= 4 is 5.91 Å². The number of likely N-dealkylation sites (N-methyl/N-ethyl adjacent to an activating group) is 1. The van der Waals surface area contributed by atoms with Crippen molar-refractivity contribution in [3.63, 3.8) is 0 Å². The summed E-state index contributed by atoms with van der Waals surface area (Å²) in [5.74, 6) is 0.674. The fourth-order valence-electron chi connectivity index (χ4n) is 3.55. The zero-order valence-corrected chi connectivity index (χ0v) is 18.8. The summed E-state index contributed by atoms with van der Waals surface area (Å²) in [5.41, 5.74) is 4.76. The first-order valence-corrected chi connectivity index (χ1v) is 10.8. The number of carbonyl (C=O) groups excluding carboxylic acids is 1. The van der Waals surface area contributed by atoms with Crippen molar-refractivity contribution in [2.75, 3.05) is 20.8 Å². The lowest BCUT2D eigenvalue weighted by molar-refractivity contribution is -0.135. The van der Waals surface area contributed by atoms with Gasteiger partial charge in [0.25, 0.3) is 0 Å². The van der Waals surface area contributed by atoms with Gasteiger partial charge in [0, 0.05) is 30.9 Å². The lowest BCUT2D eigenvalue weighted by Gasteiger charge is -2.17. The van der Waals surface area contributed by atoms with E-state index >= 15 is 0 Å². The number of para-hydroxylation sites is 1. The molecule has 0 unspecified atom stereocenters. The molecule has 0 aliphatic carbocycles. The summed E-state index contributed by atoms with van der Waals surface area (Å²) in [7, 11) is 3.41. The van der Waals surface area contributed by atoms with E-state index in [9.17, 15) is 4.79 Å². The Morgan fingerprint density at radius 2 is 1.70 bits per heavy atom. The van der Waals surface area contributed by atoms with Crippen LogP contribution in [0.3, 0.4) is 0 Å². The van der Waals surface area contributed by atoms with Crippen LogP contribution in [0.25, 0.3) is 16.9 Å². The minimum atomic E-state index is -0.0932. The van der Waals surface area contributed by atoms with E-state index in [1.807, 2.05) is 95.8 Å². The lowest BCUT2D eigenvalue weighted by Crippen LogP contribution is -2.29. The fraction of sp³-hybridized carbons (Fsp3) is 0.185. The average Bonchev–Trinajstić information content (AvgIpc) is 3.29. The van der Waals surface area contributed by atoms with Crippen LogP contribution >= 0.6 is 0 Å². The quantitative estimate of drug-likeness (QED) is 0.377. The van der Waals surface area contributed by atoms with Crippen LogP contribution in [0.1, 0.15) is 11.1 Å². The van der Waals surface area contributed by atoms with Crippen LogP contribution in [0, 0.1) is 0 Å². The number of hydrogen-bond donors (Lipinski definition) is 0. The van der Waals surface area contributed by atoms with Crippen LogP contribution in [0.2, 0.25) is 0 Å². The second kappa shape index (κ2) is 10.6. The van der Waals surface area contributed by atoms with E-state index in [1.54, 1.807) is 19.1 Å². The standard InChI is InChI=1S/C27H27N3O3/c1-29(26(31)20-33-19-21-10-9-15-25(16-21)32-2)17-23-18-30(24-13-7-4-8-14-24)28-27(23)22-11-5-3-6-12-22/h3-16,18H,17,19-20H2,1-2H3. The molecule has 0 bridgehead atoms. The van der Waals surface area contributed by atoms with Gasteiger partial charge in [0.2, 0.25) is 5.91 Å². The minimum absolute atomic E-state index is 0.00119. The molecule has 6 nitrogen and oxygen atoms in total. The molecular weight excluding hydrogens is 414 g/mol. The summed E-state index contributed by atoms with van der Waals surface area (Å²) < 4.78 is 12.7. The number of nitrogens with zero attached hydrogens (tertiary/aromatic N) is 3. The van der Waals surface area contributed by atoms with Gasteiger partial charge in [-0.15, -0.1) is 0 Å². The van der Waals surface area contributed by atoms with Crippen LogP contribution in [0.5, 0.6) is 5.75 Å². The molecule has 1 heterocycles. The van der Waals surface area contributed by atoms with Crippen LogP contribution in [-0.4, -0.2) is 41.4 Å². The van der Waals surface area contributed by atoms with Crippen LogP contribution in [0.4, 0.5) is 0 Å². The fourth-order valence-corrected chi connectivity index (χ4v) is 3.55. The molecule has 0 spiro atoms. The Balaban J connectivity index is 1.45. The van der Waals surface area contributed by atoms with Gasteiger partial charge in [0.15, 0.2) is 0 Å². The molecule has 33 heavy (non-hydrogen) atoms. The Labute approximate surface area is 194 Å². The van der Waals surface area contributed by atoms with E-state index in [0.29, 0.717) is 13.2 Å². The molecule has 0 radical (unpaired) electrons. The second-order valence-electron chi connectivity index (χ2n) is 7.74. The number of aromatic nitrogens is 2. The Morgan fingerprint density at radius 1 is 0.970 bits per heavy atom. The first kappa shape index (κ1) is 22.3. The molecule has 4 rings (SSSR count). The Kier molecular flexibility index (Phi) is 7.17. The van der Waals surface area contributed by atoms with Gasteiger partial charge < -0.3 is 14.4 Å². The third-order valence-corrected chi connectivity index (χ3v) is 5.32. The second-order valence-corrected chi connectivity index (χ2v) is 7.74. The van der Waals surface area contributed by atoms with E-state index in [-0.39, 0.29) is 12.5 Å². The number of ether oxygens (including phenoxy) is 2. The van der Waals surface area contributed by atoms with Crippen molar-refractivity contribution in [3.05, 3.63) is 102 Å². The van der Waals surface area contributed by atoms with Crippen molar-refractivity contribution in [2.24, 2.45) is 0 Å². The molecule has 1 amide bonds. The highest BCUT2D eigenvalue weighted by molar-refractivity contribution is 5.77. The maximum atomic E-state index is 12.7. The smallest absolute Gasteiger partial charge is 0.248 e. The van der Waals surface area contributed by atoms with Gasteiger partial charge in [0.05, 0.1) is 25.1 Å². The summed E-state index contributed by atoms with van der Waals surface area (Å²) in [6, 6.07) is 27.6. The summed E-state index contributed by atoms with van der Waals surface area (Å²) in [5, 5.41) is 4.82. The third kappa shape index (κ3) is 5.67. The van der Waals surface area contributed by atoms with Crippen molar-refractivity contribution < 1.29 is 14.3 Å². The molecule has 3 aromatic carbocycles. The lowest BCUT2D eigenvalue weighted by atomic mass is 10.1. The molecule has 0 aliphatic rings. The van der Waals surface area contributed by atoms with E-state index in [1.165, 1.54) is 0 Å². The zero-order valence-electron chi connectivity index (χ0n) is 18.8. The molecule has 0 aliphatic heterocycles. The Bertz CT molecular complexity index is 1190. The molecule has 0 saturated carbocycles. The summed E-state index contributed by atoms with van der Waals surface area (Å²) in [6.07, 6.45) is 1.98. The Hall–Kier alpha value is -3.90. The van der Waals surface area contributed by atoms with Gasteiger partial charge in [0.1, 0.15) is 12.4 Å². The van der Waals surface area contributed by atoms with Crippen molar-refractivity contribution in [1.82, 2.24) is 14.7 Å². The number of rotatable bonds is 9. The Morgan fingerprint density at radius 3 is 2.42 bits per heavy atom. The van der Waals surface area contributed by atoms with Gasteiger partial charge in [-0.25, -0.2) is 4.68 Å². The van der Waals surface area contributed by atoms with E-state index < -0.39 is 0 Å². The first-order valence-electron chi connectivity index (χ1n) is 10.8. The minimum Gasteiger partial charge on any atom is -0.497 e. The highest BCUT2D eigenvalue weighted by Crippen LogP contribution is 2.24.